The van der Waals surface area contributed by atoms with Gasteiger partial charge in [-0.15, -0.1) is 0 Å². The first-order valence-electron chi connectivity index (χ1n) is 7.56. The van der Waals surface area contributed by atoms with Gasteiger partial charge in [-0.3, -0.25) is 4.57 Å². The number of nitrogen functional groups attached to an aromatic ring is 1. The molecule has 3 atom stereocenters. The number of anilines is 2. The topological polar surface area (TPSA) is 123 Å². The Morgan fingerprint density at radius 1 is 1.44 bits per heavy atom. The maximum Gasteiger partial charge on any atom is 0.263 e. The third kappa shape index (κ3) is 3.10. The number of imidazole rings is 1. The highest BCUT2D eigenvalue weighted by atomic mass is 19.2. The summed E-state index contributed by atoms with van der Waals surface area (Å²) in [6.45, 7) is 2.14. The molecule has 4 N–H and O–H groups in total. The van der Waals surface area contributed by atoms with E-state index in [2.05, 4.69) is 19.7 Å². The molecule has 2 aromatic heterocycles. The van der Waals surface area contributed by atoms with E-state index >= 15 is 4.39 Å². The first-order chi connectivity index (χ1) is 11.6. The summed E-state index contributed by atoms with van der Waals surface area (Å²) in [6.07, 6.45) is -1.31. The number of aliphatic hydroxyl groups is 2. The van der Waals surface area contributed by atoms with E-state index < -0.39 is 24.4 Å². The van der Waals surface area contributed by atoms with E-state index in [1.807, 2.05) is 6.92 Å². The average molecular weight is 360 g/mol. The lowest BCUT2D eigenvalue weighted by Gasteiger charge is -2.35. The molecule has 0 fully saturated rings. The Labute approximate surface area is 143 Å². The summed E-state index contributed by atoms with van der Waals surface area (Å²) in [5.41, 5.74) is 5.90. The SMILES string of the molecule is CCN(C)c1nc(N)nc2c1ncn2[C@](C)(F)C(O)[C@@](F)(CO)OC. The van der Waals surface area contributed by atoms with Gasteiger partial charge in [0.2, 0.25) is 11.7 Å². The number of nitrogens with two attached hydrogens (primary N) is 1. The molecule has 0 aromatic carbocycles. The first-order valence-corrected chi connectivity index (χ1v) is 7.56. The van der Waals surface area contributed by atoms with Crippen molar-refractivity contribution in [3.05, 3.63) is 6.33 Å². The van der Waals surface area contributed by atoms with Crippen LogP contribution >= 0.6 is 0 Å². The molecule has 25 heavy (non-hydrogen) atoms. The van der Waals surface area contributed by atoms with Gasteiger partial charge in [0.15, 0.2) is 23.1 Å². The lowest BCUT2D eigenvalue weighted by molar-refractivity contribution is -0.256. The lowest BCUT2D eigenvalue weighted by Crippen LogP contribution is -2.54. The fraction of sp³-hybridized carbons (Fsp3) is 0.643. The van der Waals surface area contributed by atoms with Crippen LogP contribution in [0.3, 0.4) is 0 Å². The molecule has 0 aliphatic rings. The Balaban J connectivity index is 2.63. The van der Waals surface area contributed by atoms with Gasteiger partial charge in [0.25, 0.3) is 5.85 Å². The maximum absolute atomic E-state index is 15.3. The Morgan fingerprint density at radius 3 is 2.60 bits per heavy atom. The predicted molar refractivity (Wildman–Crippen MR) is 87.4 cm³/mol. The molecule has 0 saturated carbocycles. The number of hydrogen-bond acceptors (Lipinski definition) is 8. The minimum Gasteiger partial charge on any atom is -0.390 e. The molecule has 11 heteroatoms. The van der Waals surface area contributed by atoms with Crippen LogP contribution < -0.4 is 10.6 Å². The normalized spacial score (nSPS) is 17.9. The molecule has 2 aromatic rings. The number of nitrogens with zero attached hydrogens (tertiary/aromatic N) is 5. The molecule has 0 aliphatic heterocycles. The zero-order valence-electron chi connectivity index (χ0n) is 14.4. The second kappa shape index (κ2) is 6.65. The van der Waals surface area contributed by atoms with Gasteiger partial charge in [-0.05, 0) is 13.8 Å². The summed E-state index contributed by atoms with van der Waals surface area (Å²) < 4.78 is 35.0. The van der Waals surface area contributed by atoms with Crippen molar-refractivity contribution in [2.75, 3.05) is 37.9 Å². The highest BCUT2D eigenvalue weighted by Crippen LogP contribution is 2.35. The fourth-order valence-corrected chi connectivity index (χ4v) is 2.43. The van der Waals surface area contributed by atoms with Crippen molar-refractivity contribution < 1.29 is 23.7 Å². The summed E-state index contributed by atoms with van der Waals surface area (Å²) >= 11 is 0. The number of rotatable bonds is 7. The summed E-state index contributed by atoms with van der Waals surface area (Å²) in [6, 6.07) is 0. The van der Waals surface area contributed by atoms with Crippen LogP contribution in [-0.4, -0.2) is 69.0 Å². The zero-order valence-corrected chi connectivity index (χ0v) is 14.4. The van der Waals surface area contributed by atoms with Gasteiger partial charge < -0.3 is 25.6 Å². The van der Waals surface area contributed by atoms with Crippen LogP contribution in [0, 0.1) is 0 Å². The van der Waals surface area contributed by atoms with Crippen LogP contribution in [0.15, 0.2) is 6.33 Å². The van der Waals surface area contributed by atoms with E-state index in [0.717, 1.165) is 24.9 Å². The molecule has 0 amide bonds. The molecule has 0 saturated heterocycles. The first kappa shape index (κ1) is 19.2. The largest absolute Gasteiger partial charge is 0.390 e. The van der Waals surface area contributed by atoms with Crippen molar-refractivity contribution in [2.24, 2.45) is 0 Å². The number of ether oxygens (including phenoxy) is 1. The quantitative estimate of drug-likeness (QED) is 0.639. The van der Waals surface area contributed by atoms with Crippen LogP contribution in [0.4, 0.5) is 20.5 Å². The summed E-state index contributed by atoms with van der Waals surface area (Å²) in [7, 11) is 2.66. The van der Waals surface area contributed by atoms with Crippen molar-refractivity contribution in [2.45, 2.75) is 31.6 Å². The number of methoxy groups -OCH3 is 1. The predicted octanol–water partition coefficient (Wildman–Crippen LogP) is 0.172. The summed E-state index contributed by atoms with van der Waals surface area (Å²) in [5.74, 6) is -5.52. The molecule has 140 valence electrons. The highest BCUT2D eigenvalue weighted by Gasteiger charge is 2.52. The van der Waals surface area contributed by atoms with Gasteiger partial charge in [0.05, 0.1) is 6.33 Å². The van der Waals surface area contributed by atoms with Gasteiger partial charge in [0.1, 0.15) is 6.61 Å². The van der Waals surface area contributed by atoms with E-state index in [4.69, 9.17) is 10.8 Å². The molecule has 0 bridgehead atoms. The zero-order chi connectivity index (χ0) is 19.0. The molecule has 0 radical (unpaired) electrons. The number of aliphatic hydroxyl groups excluding tert-OH is 2. The number of fused-ring (bicyclic) bond motifs is 1. The van der Waals surface area contributed by atoms with Crippen LogP contribution in [0.2, 0.25) is 0 Å². The summed E-state index contributed by atoms with van der Waals surface area (Å²) in [4.78, 5) is 13.8. The highest BCUT2D eigenvalue weighted by molar-refractivity contribution is 5.84. The number of halogens is 2. The van der Waals surface area contributed by atoms with Gasteiger partial charge in [-0.2, -0.15) is 9.97 Å². The van der Waals surface area contributed by atoms with Crippen LogP contribution in [-0.2, 0) is 10.5 Å². The summed E-state index contributed by atoms with van der Waals surface area (Å²) in [5, 5.41) is 19.3. The molecular weight excluding hydrogens is 338 g/mol. The van der Waals surface area contributed by atoms with Crippen molar-refractivity contribution >= 4 is 22.9 Å². The fourth-order valence-electron chi connectivity index (χ4n) is 2.43. The molecule has 0 spiro atoms. The van der Waals surface area contributed by atoms with Gasteiger partial charge in [0, 0.05) is 20.7 Å². The smallest absolute Gasteiger partial charge is 0.263 e. The van der Waals surface area contributed by atoms with E-state index in [1.54, 1.807) is 11.9 Å². The van der Waals surface area contributed by atoms with Crippen LogP contribution in [0.1, 0.15) is 13.8 Å². The maximum atomic E-state index is 15.3. The van der Waals surface area contributed by atoms with Crippen molar-refractivity contribution in [1.29, 1.82) is 0 Å². The third-order valence-electron chi connectivity index (χ3n) is 4.16. The monoisotopic (exact) mass is 360 g/mol. The molecule has 2 rings (SSSR count). The molecule has 2 heterocycles. The standard InChI is InChI=1S/C14H22F2N6O3/c1-5-21(3)9-8-10(20-12(17)19-9)22(7-18-8)13(2,15)11(24)14(16,6-23)25-4/h7,11,23-24H,5-6H2,1-4H3,(H2,17,19,20)/t11?,13-,14+/m0/s1. The number of aromatic nitrogens is 4. The minimum absolute atomic E-state index is 0.0248. The van der Waals surface area contributed by atoms with Gasteiger partial charge in [-0.1, -0.05) is 0 Å². The Morgan fingerprint density at radius 2 is 2.08 bits per heavy atom. The second-order valence-electron chi connectivity index (χ2n) is 5.78. The number of hydrogen-bond donors (Lipinski definition) is 3. The van der Waals surface area contributed by atoms with E-state index in [9.17, 15) is 9.50 Å². The molecule has 0 aliphatic carbocycles. The van der Waals surface area contributed by atoms with E-state index in [1.165, 1.54) is 0 Å². The van der Waals surface area contributed by atoms with E-state index in [0.29, 0.717) is 12.4 Å². The minimum atomic E-state index is -3.01. The average Bonchev–Trinajstić information content (AvgIpc) is 3.03. The Hall–Kier alpha value is -2.11. The molecule has 1 unspecified atom stereocenters. The van der Waals surface area contributed by atoms with Crippen LogP contribution in [0.5, 0.6) is 0 Å². The molecule has 9 nitrogen and oxygen atoms in total. The van der Waals surface area contributed by atoms with Gasteiger partial charge in [-0.25, -0.2) is 13.8 Å². The molecular formula is C14H22F2N6O3. The lowest BCUT2D eigenvalue weighted by atomic mass is 10.0. The van der Waals surface area contributed by atoms with Crippen molar-refractivity contribution in [3.8, 4) is 0 Å². The van der Waals surface area contributed by atoms with Crippen LogP contribution in [0.25, 0.3) is 11.2 Å². The number of alkyl halides is 2. The Bertz CT molecular complexity index is 749. The Kier molecular flexibility index (Phi) is 5.11. The second-order valence-corrected chi connectivity index (χ2v) is 5.78. The van der Waals surface area contributed by atoms with Gasteiger partial charge >= 0.3 is 0 Å². The third-order valence-corrected chi connectivity index (χ3v) is 4.16. The van der Waals surface area contributed by atoms with Crippen molar-refractivity contribution in [3.63, 3.8) is 0 Å². The van der Waals surface area contributed by atoms with E-state index in [-0.39, 0.29) is 17.1 Å². The van der Waals surface area contributed by atoms with Crippen molar-refractivity contribution in [1.82, 2.24) is 19.5 Å².